The van der Waals surface area contributed by atoms with Gasteiger partial charge in [0, 0.05) is 13.1 Å². The number of hydrogen-bond acceptors (Lipinski definition) is 4. The Morgan fingerprint density at radius 1 is 0.395 bits per heavy atom. The number of rotatable bonds is 29. The van der Waals surface area contributed by atoms with Crippen LogP contribution >= 0.6 is 12.4 Å². The largest absolute Gasteiger partial charge is 0.330 e. The minimum absolute atomic E-state index is 0. The van der Waals surface area contributed by atoms with Crippen LogP contribution in [0.15, 0.2) is 48.5 Å². The summed E-state index contributed by atoms with van der Waals surface area (Å²) in [7, 11) is 0. The molecule has 2 aromatic rings. The molecule has 0 radical (unpaired) electrons. The van der Waals surface area contributed by atoms with Gasteiger partial charge >= 0.3 is 0 Å². The molecule has 2 rings (SSSR count). The highest BCUT2D eigenvalue weighted by Gasteiger charge is 2.04. The van der Waals surface area contributed by atoms with E-state index < -0.39 is 0 Å². The number of nitrogens with one attached hydrogen (secondary N) is 2. The summed E-state index contributed by atoms with van der Waals surface area (Å²) in [6.45, 7) is 5.81. The highest BCUT2D eigenvalue weighted by Crippen LogP contribution is 2.23. The standard InChI is InChI=1S/C38H66N4.ClH/c39-26-20-13-9-5-1-3-7-11-15-22-28-41-33-35-30-36(32-38(31-35)37-24-18-17-19-25-37)34-42-29-23-16-12-8-4-2-6-10-14-21-27-40;/h17-19,24-25,30-32,41-42H,1-16,20-23,26-29,33-34,39-40H2;1H. The summed E-state index contributed by atoms with van der Waals surface area (Å²) in [6, 6.07) is 18.0. The van der Waals surface area contributed by atoms with Crippen molar-refractivity contribution in [3.63, 3.8) is 0 Å². The average Bonchev–Trinajstić information content (AvgIpc) is 3.02. The van der Waals surface area contributed by atoms with Gasteiger partial charge in [-0.25, -0.2) is 0 Å². The van der Waals surface area contributed by atoms with Crippen molar-refractivity contribution in [1.82, 2.24) is 10.6 Å². The van der Waals surface area contributed by atoms with Crippen molar-refractivity contribution in [3.8, 4) is 11.1 Å². The van der Waals surface area contributed by atoms with Crippen molar-refractivity contribution >= 4 is 12.4 Å². The normalized spacial score (nSPS) is 11.1. The van der Waals surface area contributed by atoms with E-state index >= 15 is 0 Å². The van der Waals surface area contributed by atoms with Crippen molar-refractivity contribution < 1.29 is 0 Å². The Morgan fingerprint density at radius 2 is 0.744 bits per heavy atom. The van der Waals surface area contributed by atoms with Gasteiger partial charge in [0.05, 0.1) is 0 Å². The first-order chi connectivity index (χ1) is 20.8. The van der Waals surface area contributed by atoms with Gasteiger partial charge < -0.3 is 22.1 Å². The summed E-state index contributed by atoms with van der Waals surface area (Å²) in [6.07, 6.45) is 26.9. The first kappa shape index (κ1) is 39.6. The maximum Gasteiger partial charge on any atom is 0.0205 e. The molecule has 0 bridgehead atoms. The van der Waals surface area contributed by atoms with Crippen molar-refractivity contribution in [3.05, 3.63) is 59.7 Å². The maximum absolute atomic E-state index is 5.57. The lowest BCUT2D eigenvalue weighted by Crippen LogP contribution is -2.17. The topological polar surface area (TPSA) is 76.1 Å². The van der Waals surface area contributed by atoms with Crippen molar-refractivity contribution in [2.75, 3.05) is 26.2 Å². The summed E-state index contributed by atoms with van der Waals surface area (Å²) in [5.74, 6) is 0. The molecule has 0 saturated carbocycles. The van der Waals surface area contributed by atoms with E-state index in [4.69, 9.17) is 11.5 Å². The summed E-state index contributed by atoms with van der Waals surface area (Å²) in [4.78, 5) is 0. The summed E-state index contributed by atoms with van der Waals surface area (Å²) >= 11 is 0. The van der Waals surface area contributed by atoms with Gasteiger partial charge in [-0.05, 0) is 86.2 Å². The monoisotopic (exact) mass is 615 g/mol. The molecular weight excluding hydrogens is 548 g/mol. The van der Waals surface area contributed by atoms with Gasteiger partial charge in [-0.2, -0.15) is 0 Å². The smallest absolute Gasteiger partial charge is 0.0205 e. The Kier molecular flexibility index (Phi) is 27.0. The molecule has 6 N–H and O–H groups in total. The van der Waals surface area contributed by atoms with Crippen LogP contribution in [-0.2, 0) is 13.1 Å². The van der Waals surface area contributed by atoms with Gasteiger partial charge in [0.15, 0.2) is 0 Å². The molecule has 0 aliphatic carbocycles. The summed E-state index contributed by atoms with van der Waals surface area (Å²) in [5.41, 5.74) is 16.6. The molecule has 0 heterocycles. The lowest BCUT2D eigenvalue weighted by molar-refractivity contribution is 0.540. The van der Waals surface area contributed by atoms with Crippen molar-refractivity contribution in [2.45, 2.75) is 142 Å². The van der Waals surface area contributed by atoms with Gasteiger partial charge in [-0.15, -0.1) is 12.4 Å². The Bertz CT molecular complexity index is 812. The van der Waals surface area contributed by atoms with Gasteiger partial charge in [-0.1, -0.05) is 139 Å². The number of hydrogen-bond donors (Lipinski definition) is 4. The van der Waals surface area contributed by atoms with E-state index in [0.29, 0.717) is 0 Å². The molecule has 0 unspecified atom stereocenters. The molecule has 43 heavy (non-hydrogen) atoms. The van der Waals surface area contributed by atoms with E-state index in [0.717, 1.165) is 39.3 Å². The fraction of sp³-hybridized carbons (Fsp3) is 0.684. The minimum Gasteiger partial charge on any atom is -0.330 e. The minimum atomic E-state index is 0. The van der Waals surface area contributed by atoms with Crippen LogP contribution < -0.4 is 22.1 Å². The van der Waals surface area contributed by atoms with Crippen molar-refractivity contribution in [1.29, 1.82) is 0 Å². The first-order valence-corrected chi connectivity index (χ1v) is 17.8. The number of benzene rings is 2. The lowest BCUT2D eigenvalue weighted by Gasteiger charge is -2.12. The van der Waals surface area contributed by atoms with Gasteiger partial charge in [0.1, 0.15) is 0 Å². The van der Waals surface area contributed by atoms with E-state index in [9.17, 15) is 0 Å². The maximum atomic E-state index is 5.57. The third-order valence-corrected chi connectivity index (χ3v) is 8.43. The first-order valence-electron chi connectivity index (χ1n) is 17.8. The molecule has 0 amide bonds. The Hall–Kier alpha value is -1.43. The van der Waals surface area contributed by atoms with Crippen LogP contribution in [0.1, 0.15) is 140 Å². The molecule has 5 heteroatoms. The van der Waals surface area contributed by atoms with Crippen LogP contribution in [0.4, 0.5) is 0 Å². The Balaban J connectivity index is 0.00000924. The predicted octanol–water partition coefficient (Wildman–Crippen LogP) is 9.67. The predicted molar refractivity (Wildman–Crippen MR) is 193 cm³/mol. The second-order valence-corrected chi connectivity index (χ2v) is 12.4. The molecule has 0 atom stereocenters. The highest BCUT2D eigenvalue weighted by atomic mass is 35.5. The number of nitrogens with two attached hydrogens (primary N) is 2. The van der Waals surface area contributed by atoms with E-state index in [2.05, 4.69) is 59.2 Å². The molecule has 2 aromatic carbocycles. The fourth-order valence-electron chi connectivity index (χ4n) is 5.85. The average molecular weight is 615 g/mol. The quantitative estimate of drug-likeness (QED) is 0.0688. The zero-order valence-corrected chi connectivity index (χ0v) is 28.4. The molecule has 4 nitrogen and oxygen atoms in total. The molecule has 0 saturated heterocycles. The molecule has 0 aliphatic rings. The third kappa shape index (κ3) is 21.8. The van der Waals surface area contributed by atoms with Crippen molar-refractivity contribution in [2.24, 2.45) is 11.5 Å². The molecule has 0 aliphatic heterocycles. The van der Waals surface area contributed by atoms with Crippen LogP contribution in [0.3, 0.4) is 0 Å². The molecule has 246 valence electrons. The SMILES string of the molecule is Cl.NCCCCCCCCCCCCNCc1cc(CNCCCCCCCCCCCCN)cc(-c2ccccc2)c1. The van der Waals surface area contributed by atoms with Gasteiger partial charge in [0.25, 0.3) is 0 Å². The second-order valence-electron chi connectivity index (χ2n) is 12.4. The third-order valence-electron chi connectivity index (χ3n) is 8.43. The zero-order valence-electron chi connectivity index (χ0n) is 27.6. The summed E-state index contributed by atoms with van der Waals surface area (Å²) in [5, 5.41) is 7.44. The number of halogens is 1. The molecule has 0 spiro atoms. The zero-order chi connectivity index (χ0) is 29.8. The van der Waals surface area contributed by atoms with Crippen LogP contribution in [-0.4, -0.2) is 26.2 Å². The summed E-state index contributed by atoms with van der Waals surface area (Å²) < 4.78 is 0. The van der Waals surface area contributed by atoms with E-state index in [1.807, 2.05) is 0 Å². The van der Waals surface area contributed by atoms with E-state index in [-0.39, 0.29) is 12.4 Å². The fourth-order valence-corrected chi connectivity index (χ4v) is 5.85. The van der Waals surface area contributed by atoms with E-state index in [1.165, 1.54) is 151 Å². The highest BCUT2D eigenvalue weighted by molar-refractivity contribution is 5.85. The number of unbranched alkanes of at least 4 members (excludes halogenated alkanes) is 18. The van der Waals surface area contributed by atoms with Crippen LogP contribution in [0, 0.1) is 0 Å². The van der Waals surface area contributed by atoms with Crippen LogP contribution in [0.5, 0.6) is 0 Å². The lowest BCUT2D eigenvalue weighted by atomic mass is 9.99. The molecule has 0 aromatic heterocycles. The Morgan fingerprint density at radius 3 is 1.12 bits per heavy atom. The van der Waals surface area contributed by atoms with E-state index in [1.54, 1.807) is 0 Å². The van der Waals surface area contributed by atoms with Crippen LogP contribution in [0.2, 0.25) is 0 Å². The molecular formula is C38H67ClN4. The van der Waals surface area contributed by atoms with Gasteiger partial charge in [-0.3, -0.25) is 0 Å². The van der Waals surface area contributed by atoms with Gasteiger partial charge in [0.2, 0.25) is 0 Å². The Labute approximate surface area is 272 Å². The molecule has 0 fully saturated rings. The van der Waals surface area contributed by atoms with Crippen LogP contribution in [0.25, 0.3) is 11.1 Å². The second kappa shape index (κ2) is 29.3.